The Balaban J connectivity index is 1.58. The minimum absolute atomic E-state index is 0.00577. The number of β-lactam (4-membered cyclic amide) rings is 1. The lowest BCUT2D eigenvalue weighted by Gasteiger charge is -2.35. The summed E-state index contributed by atoms with van der Waals surface area (Å²) < 4.78 is 5.44. The fraction of sp³-hybridized carbons (Fsp3) is 0.316. The van der Waals surface area contributed by atoms with E-state index in [0.717, 1.165) is 21.2 Å². The standard InChI is InChI=1S/C19H17N3O5S/c1-10-18(28-11(2)20-10)15-7-14-8-16(23)21(14)17(15)19(24)27-9-12-3-5-13(6-4-12)22(25)26/h3-6,14H,7-9H2,1-2H3/t14-/m1/s1. The third-order valence-corrected chi connectivity index (χ3v) is 6.03. The monoisotopic (exact) mass is 399 g/mol. The van der Waals surface area contributed by atoms with Crippen LogP contribution in [-0.4, -0.2) is 32.7 Å². The van der Waals surface area contributed by atoms with Gasteiger partial charge in [0.15, 0.2) is 0 Å². The van der Waals surface area contributed by atoms with E-state index < -0.39 is 10.9 Å². The lowest BCUT2D eigenvalue weighted by Crippen LogP contribution is -2.49. The third-order valence-electron chi connectivity index (χ3n) is 4.90. The van der Waals surface area contributed by atoms with Crippen LogP contribution in [0.1, 0.15) is 34.0 Å². The van der Waals surface area contributed by atoms with Crippen molar-refractivity contribution in [1.82, 2.24) is 9.88 Å². The first-order valence-electron chi connectivity index (χ1n) is 8.75. The van der Waals surface area contributed by atoms with Crippen molar-refractivity contribution in [2.75, 3.05) is 0 Å². The topological polar surface area (TPSA) is 103 Å². The Morgan fingerprint density at radius 3 is 2.61 bits per heavy atom. The maximum Gasteiger partial charge on any atom is 0.355 e. The second kappa shape index (κ2) is 6.83. The number of non-ortho nitro benzene ring substituents is 1. The number of nitro groups is 1. The third kappa shape index (κ3) is 3.07. The fourth-order valence-electron chi connectivity index (χ4n) is 3.60. The van der Waals surface area contributed by atoms with Crippen LogP contribution in [-0.2, 0) is 20.9 Å². The zero-order valence-corrected chi connectivity index (χ0v) is 16.1. The minimum Gasteiger partial charge on any atom is -0.456 e. The van der Waals surface area contributed by atoms with Crippen molar-refractivity contribution in [1.29, 1.82) is 0 Å². The predicted molar refractivity (Wildman–Crippen MR) is 101 cm³/mol. The smallest absolute Gasteiger partial charge is 0.355 e. The van der Waals surface area contributed by atoms with E-state index >= 15 is 0 Å². The number of esters is 1. The van der Waals surface area contributed by atoms with Crippen molar-refractivity contribution in [3.8, 4) is 0 Å². The van der Waals surface area contributed by atoms with Gasteiger partial charge in [-0.25, -0.2) is 9.78 Å². The van der Waals surface area contributed by atoms with E-state index in [-0.39, 0.29) is 24.2 Å². The van der Waals surface area contributed by atoms with E-state index in [1.54, 1.807) is 12.1 Å². The Kier molecular flexibility index (Phi) is 4.46. The Hall–Kier alpha value is -3.07. The predicted octanol–water partition coefficient (Wildman–Crippen LogP) is 3.13. The van der Waals surface area contributed by atoms with Crippen molar-refractivity contribution in [2.45, 2.75) is 39.3 Å². The number of aromatic nitrogens is 1. The number of nitro benzene ring substituents is 1. The van der Waals surface area contributed by atoms with Gasteiger partial charge in [-0.05, 0) is 38.0 Å². The summed E-state index contributed by atoms with van der Waals surface area (Å²) >= 11 is 1.51. The average molecular weight is 399 g/mol. The van der Waals surface area contributed by atoms with Crippen molar-refractivity contribution >= 4 is 34.5 Å². The first-order valence-corrected chi connectivity index (χ1v) is 9.57. The van der Waals surface area contributed by atoms with Crippen molar-refractivity contribution in [2.24, 2.45) is 0 Å². The van der Waals surface area contributed by atoms with Crippen LogP contribution in [0.15, 0.2) is 30.0 Å². The molecule has 1 aromatic carbocycles. The van der Waals surface area contributed by atoms with Gasteiger partial charge in [-0.2, -0.15) is 0 Å². The SMILES string of the molecule is Cc1nc(C)c(C2=C(C(=O)OCc3ccc([N+](=O)[O-])cc3)N3C(=O)C[C@H]3C2)s1. The quantitative estimate of drug-likeness (QED) is 0.331. The van der Waals surface area contributed by atoms with Gasteiger partial charge >= 0.3 is 5.97 Å². The van der Waals surface area contributed by atoms with Crippen LogP contribution < -0.4 is 0 Å². The number of fused-ring (bicyclic) bond motifs is 1. The number of hydrogen-bond donors (Lipinski definition) is 0. The highest BCUT2D eigenvalue weighted by Gasteiger charge is 2.48. The molecular weight excluding hydrogens is 382 g/mol. The molecule has 1 saturated heterocycles. The average Bonchev–Trinajstić information content (AvgIpc) is 3.15. The molecule has 2 aromatic rings. The molecule has 1 amide bonds. The van der Waals surface area contributed by atoms with Crippen LogP contribution in [0.25, 0.3) is 5.57 Å². The Bertz CT molecular complexity index is 1020. The van der Waals surface area contributed by atoms with Gasteiger partial charge in [0, 0.05) is 24.1 Å². The number of hydrogen-bond acceptors (Lipinski definition) is 7. The molecule has 0 aliphatic carbocycles. The Morgan fingerprint density at radius 1 is 1.32 bits per heavy atom. The molecule has 0 saturated carbocycles. The molecule has 2 aliphatic rings. The number of carbonyl (C=O) groups excluding carboxylic acids is 2. The summed E-state index contributed by atoms with van der Waals surface area (Å²) in [6, 6.07) is 5.82. The van der Waals surface area contributed by atoms with E-state index in [4.69, 9.17) is 4.74 Å². The number of rotatable bonds is 5. The molecule has 0 radical (unpaired) electrons. The van der Waals surface area contributed by atoms with Gasteiger partial charge in [0.05, 0.1) is 26.5 Å². The number of nitrogens with zero attached hydrogens (tertiary/aromatic N) is 3. The minimum atomic E-state index is -0.561. The van der Waals surface area contributed by atoms with Crippen LogP contribution >= 0.6 is 11.3 Å². The van der Waals surface area contributed by atoms with Crippen LogP contribution in [0, 0.1) is 24.0 Å². The van der Waals surface area contributed by atoms with E-state index in [2.05, 4.69) is 4.98 Å². The molecule has 4 rings (SSSR count). The summed E-state index contributed by atoms with van der Waals surface area (Å²) in [5, 5.41) is 11.6. The molecule has 28 heavy (non-hydrogen) atoms. The highest BCUT2D eigenvalue weighted by molar-refractivity contribution is 7.12. The highest BCUT2D eigenvalue weighted by atomic mass is 32.1. The molecule has 1 atom stereocenters. The number of ether oxygens (including phenoxy) is 1. The molecule has 0 unspecified atom stereocenters. The largest absolute Gasteiger partial charge is 0.456 e. The van der Waals surface area contributed by atoms with Crippen molar-refractivity contribution in [3.63, 3.8) is 0 Å². The lowest BCUT2D eigenvalue weighted by molar-refractivity contribution is -0.384. The second-order valence-electron chi connectivity index (χ2n) is 6.80. The van der Waals surface area contributed by atoms with E-state index in [0.29, 0.717) is 24.1 Å². The number of carbonyl (C=O) groups is 2. The summed E-state index contributed by atoms with van der Waals surface area (Å²) in [6.45, 7) is 3.77. The summed E-state index contributed by atoms with van der Waals surface area (Å²) in [6.07, 6.45) is 1.05. The van der Waals surface area contributed by atoms with E-state index in [1.165, 1.54) is 28.4 Å². The number of amides is 1. The zero-order valence-electron chi connectivity index (χ0n) is 15.3. The molecule has 1 fully saturated rings. The summed E-state index contributed by atoms with van der Waals surface area (Å²) in [5.74, 6) is -0.643. The fourth-order valence-corrected chi connectivity index (χ4v) is 4.57. The molecule has 0 bridgehead atoms. The zero-order chi connectivity index (χ0) is 20.0. The maximum atomic E-state index is 12.8. The van der Waals surface area contributed by atoms with Crippen LogP contribution in [0.4, 0.5) is 5.69 Å². The van der Waals surface area contributed by atoms with E-state index in [9.17, 15) is 19.7 Å². The molecule has 9 heteroatoms. The Labute approximate surface area is 164 Å². The summed E-state index contributed by atoms with van der Waals surface area (Å²) in [7, 11) is 0. The first kappa shape index (κ1) is 18.3. The summed E-state index contributed by atoms with van der Waals surface area (Å²) in [4.78, 5) is 42.0. The summed E-state index contributed by atoms with van der Waals surface area (Å²) in [5.41, 5.74) is 2.56. The molecule has 1 aromatic heterocycles. The second-order valence-corrected chi connectivity index (χ2v) is 8.00. The molecule has 3 heterocycles. The normalized spacial score (nSPS) is 18.1. The van der Waals surface area contributed by atoms with Gasteiger partial charge in [-0.15, -0.1) is 11.3 Å². The molecule has 0 N–H and O–H groups in total. The molecule has 8 nitrogen and oxygen atoms in total. The van der Waals surface area contributed by atoms with Crippen molar-refractivity contribution < 1.29 is 19.2 Å². The Morgan fingerprint density at radius 2 is 2.04 bits per heavy atom. The van der Waals surface area contributed by atoms with Gasteiger partial charge < -0.3 is 9.64 Å². The van der Waals surface area contributed by atoms with Crippen LogP contribution in [0.5, 0.6) is 0 Å². The van der Waals surface area contributed by atoms with Crippen LogP contribution in [0.3, 0.4) is 0 Å². The van der Waals surface area contributed by atoms with Crippen molar-refractivity contribution in [3.05, 3.63) is 61.2 Å². The van der Waals surface area contributed by atoms with Crippen LogP contribution in [0.2, 0.25) is 0 Å². The number of benzene rings is 1. The first-order chi connectivity index (χ1) is 13.3. The maximum absolute atomic E-state index is 12.8. The van der Waals surface area contributed by atoms with E-state index in [1.807, 2.05) is 13.8 Å². The number of thiazole rings is 1. The van der Waals surface area contributed by atoms with Gasteiger partial charge in [0.1, 0.15) is 12.3 Å². The molecule has 144 valence electrons. The van der Waals surface area contributed by atoms with Gasteiger partial charge in [-0.1, -0.05) is 0 Å². The van der Waals surface area contributed by atoms with Gasteiger partial charge in [0.25, 0.3) is 5.69 Å². The highest BCUT2D eigenvalue weighted by Crippen LogP contribution is 2.45. The van der Waals surface area contributed by atoms with Gasteiger partial charge in [0.2, 0.25) is 5.91 Å². The lowest BCUT2D eigenvalue weighted by atomic mass is 10.0. The van der Waals surface area contributed by atoms with Gasteiger partial charge in [-0.3, -0.25) is 14.9 Å². The molecule has 0 spiro atoms. The number of aryl methyl sites for hydroxylation is 2. The molecular formula is C19H17N3O5S. The molecule has 2 aliphatic heterocycles.